The Bertz CT molecular complexity index is 667. The van der Waals surface area contributed by atoms with Crippen molar-refractivity contribution in [3.63, 3.8) is 0 Å². The van der Waals surface area contributed by atoms with Crippen LogP contribution in [0.1, 0.15) is 47.9 Å². The van der Waals surface area contributed by atoms with Crippen molar-refractivity contribution in [2.24, 2.45) is 0 Å². The van der Waals surface area contributed by atoms with Crippen LogP contribution in [0.5, 0.6) is 0 Å². The molecule has 0 aliphatic heterocycles. The molecule has 0 amide bonds. The third kappa shape index (κ3) is 1.22. The molecule has 2 aliphatic rings. The van der Waals surface area contributed by atoms with E-state index in [2.05, 4.69) is 38.1 Å². The highest BCUT2D eigenvalue weighted by Gasteiger charge is 2.38. The van der Waals surface area contributed by atoms with Crippen molar-refractivity contribution in [2.45, 2.75) is 43.9 Å². The van der Waals surface area contributed by atoms with Crippen molar-refractivity contribution in [1.29, 1.82) is 0 Å². The van der Waals surface area contributed by atoms with Crippen LogP contribution in [0.15, 0.2) is 24.3 Å². The maximum atomic E-state index is 6.57. The van der Waals surface area contributed by atoms with Gasteiger partial charge in [-0.15, -0.1) is 11.6 Å². The summed E-state index contributed by atoms with van der Waals surface area (Å²) in [6.45, 7) is 4.66. The molecule has 2 aromatic carbocycles. The molecule has 0 nitrogen and oxygen atoms in total. The Kier molecular flexibility index (Phi) is 1.99. The van der Waals surface area contributed by atoms with Crippen LogP contribution in [0.2, 0.25) is 0 Å². The minimum atomic E-state index is 0.194. The van der Waals surface area contributed by atoms with Crippen molar-refractivity contribution in [3.05, 3.63) is 46.5 Å². The average Bonchev–Trinajstić information content (AvgIpc) is 2.82. The number of hydrogen-bond acceptors (Lipinski definition) is 0. The lowest BCUT2D eigenvalue weighted by molar-refractivity contribution is 0.520. The zero-order valence-corrected chi connectivity index (χ0v) is 11.6. The average molecular weight is 257 g/mol. The zero-order chi connectivity index (χ0) is 12.5. The molecule has 0 heterocycles. The molecule has 18 heavy (non-hydrogen) atoms. The molecular weight excluding hydrogens is 240 g/mol. The first kappa shape index (κ1) is 10.9. The molecule has 0 radical (unpaired) electrons. The summed E-state index contributed by atoms with van der Waals surface area (Å²) in [6.07, 6.45) is 3.45. The second kappa shape index (κ2) is 3.30. The number of alkyl halides is 1. The molecule has 1 atom stereocenters. The monoisotopic (exact) mass is 256 g/mol. The Morgan fingerprint density at radius 3 is 2.78 bits per heavy atom. The smallest absolute Gasteiger partial charge is 0.0596 e. The van der Waals surface area contributed by atoms with E-state index in [1.807, 2.05) is 0 Å². The van der Waals surface area contributed by atoms with Gasteiger partial charge in [0.25, 0.3) is 0 Å². The molecule has 0 saturated heterocycles. The van der Waals surface area contributed by atoms with Gasteiger partial charge in [0.1, 0.15) is 0 Å². The van der Waals surface area contributed by atoms with Gasteiger partial charge in [-0.25, -0.2) is 0 Å². The summed E-state index contributed by atoms with van der Waals surface area (Å²) in [6, 6.07) is 9.18. The van der Waals surface area contributed by atoms with Crippen molar-refractivity contribution in [3.8, 4) is 0 Å². The van der Waals surface area contributed by atoms with E-state index in [1.165, 1.54) is 45.9 Å². The summed E-state index contributed by atoms with van der Waals surface area (Å²) in [5.41, 5.74) is 6.15. The fourth-order valence-corrected chi connectivity index (χ4v) is 4.57. The minimum absolute atomic E-state index is 0.194. The Morgan fingerprint density at radius 1 is 1.17 bits per heavy atom. The summed E-state index contributed by atoms with van der Waals surface area (Å²) in [5, 5.41) is 3.18. The van der Waals surface area contributed by atoms with Crippen LogP contribution in [0.3, 0.4) is 0 Å². The predicted octanol–water partition coefficient (Wildman–Crippen LogP) is 4.90. The van der Waals surface area contributed by atoms with Gasteiger partial charge < -0.3 is 0 Å². The second-order valence-corrected chi connectivity index (χ2v) is 6.92. The van der Waals surface area contributed by atoms with E-state index in [9.17, 15) is 0 Å². The molecular formula is C17H17Cl. The fourth-order valence-electron chi connectivity index (χ4n) is 4.01. The lowest BCUT2D eigenvalue weighted by atomic mass is 9.83. The highest BCUT2D eigenvalue weighted by atomic mass is 35.5. The number of benzene rings is 2. The summed E-state index contributed by atoms with van der Waals surface area (Å²) in [5.74, 6) is 0. The van der Waals surface area contributed by atoms with Gasteiger partial charge in [-0.2, -0.15) is 0 Å². The van der Waals surface area contributed by atoms with Crippen molar-refractivity contribution in [2.75, 3.05) is 0 Å². The largest absolute Gasteiger partial charge is 0.118 e. The van der Waals surface area contributed by atoms with Crippen LogP contribution in [0.25, 0.3) is 10.8 Å². The molecule has 0 fully saturated rings. The molecule has 2 aromatic rings. The molecule has 0 spiro atoms. The Hall–Kier alpha value is -1.01. The van der Waals surface area contributed by atoms with Gasteiger partial charge in [-0.3, -0.25) is 0 Å². The first-order valence-electron chi connectivity index (χ1n) is 6.80. The van der Waals surface area contributed by atoms with E-state index < -0.39 is 0 Å². The van der Waals surface area contributed by atoms with E-state index >= 15 is 0 Å². The van der Waals surface area contributed by atoms with Gasteiger partial charge in [0, 0.05) is 0 Å². The second-order valence-electron chi connectivity index (χ2n) is 6.40. The normalized spacial score (nSPS) is 23.6. The quantitative estimate of drug-likeness (QED) is 0.588. The summed E-state index contributed by atoms with van der Waals surface area (Å²) >= 11 is 6.57. The van der Waals surface area contributed by atoms with Gasteiger partial charge in [0.15, 0.2) is 0 Å². The molecule has 0 aromatic heterocycles. The molecule has 0 saturated carbocycles. The van der Waals surface area contributed by atoms with Crippen LogP contribution in [0.4, 0.5) is 0 Å². The van der Waals surface area contributed by atoms with Crippen molar-refractivity contribution < 1.29 is 0 Å². The lowest BCUT2D eigenvalue weighted by Gasteiger charge is -2.21. The Labute approximate surface area is 113 Å². The zero-order valence-electron chi connectivity index (χ0n) is 10.9. The number of halogens is 1. The van der Waals surface area contributed by atoms with Crippen molar-refractivity contribution in [1.82, 2.24) is 0 Å². The van der Waals surface area contributed by atoms with Gasteiger partial charge in [-0.1, -0.05) is 38.1 Å². The predicted molar refractivity (Wildman–Crippen MR) is 77.6 cm³/mol. The van der Waals surface area contributed by atoms with Crippen LogP contribution in [-0.4, -0.2) is 0 Å². The molecule has 92 valence electrons. The highest BCUT2D eigenvalue weighted by molar-refractivity contribution is 6.22. The van der Waals surface area contributed by atoms with E-state index in [1.54, 1.807) is 0 Å². The van der Waals surface area contributed by atoms with E-state index in [0.717, 1.165) is 6.42 Å². The molecule has 1 heteroatoms. The standard InChI is InChI=1S/C17H17Cl/c1-17(2)9-14(18)13-8-11-7-6-10-4-3-5-12(15(10)11)16(13)17/h3-5,8,14H,6-7,9H2,1-2H3. The van der Waals surface area contributed by atoms with Gasteiger partial charge in [0.05, 0.1) is 5.38 Å². The SMILES string of the molecule is CC1(C)CC(Cl)c2cc3c4c(cccc4c21)CC3. The molecule has 0 N–H and O–H groups in total. The molecule has 2 aliphatic carbocycles. The highest BCUT2D eigenvalue weighted by Crippen LogP contribution is 2.52. The van der Waals surface area contributed by atoms with E-state index in [0.29, 0.717) is 0 Å². The third-order valence-corrected chi connectivity index (χ3v) is 5.12. The number of rotatable bonds is 0. The molecule has 4 rings (SSSR count). The number of hydrogen-bond donors (Lipinski definition) is 0. The van der Waals surface area contributed by atoms with E-state index in [4.69, 9.17) is 11.6 Å². The fraction of sp³-hybridized carbons (Fsp3) is 0.412. The van der Waals surface area contributed by atoms with Gasteiger partial charge in [0.2, 0.25) is 0 Å². The Balaban J connectivity index is 2.20. The maximum Gasteiger partial charge on any atom is 0.0596 e. The summed E-state index contributed by atoms with van der Waals surface area (Å²) in [4.78, 5) is 0. The number of aryl methyl sites for hydroxylation is 2. The van der Waals surface area contributed by atoms with Crippen LogP contribution < -0.4 is 0 Å². The molecule has 0 bridgehead atoms. The van der Waals surface area contributed by atoms with Crippen LogP contribution in [-0.2, 0) is 18.3 Å². The first-order valence-corrected chi connectivity index (χ1v) is 7.23. The topological polar surface area (TPSA) is 0 Å². The number of fused-ring (bicyclic) bond motifs is 2. The van der Waals surface area contributed by atoms with Gasteiger partial charge in [-0.05, 0) is 57.7 Å². The van der Waals surface area contributed by atoms with Crippen molar-refractivity contribution >= 4 is 22.4 Å². The Morgan fingerprint density at radius 2 is 1.94 bits per heavy atom. The summed E-state index contributed by atoms with van der Waals surface area (Å²) < 4.78 is 0. The summed E-state index contributed by atoms with van der Waals surface area (Å²) in [7, 11) is 0. The van der Waals surface area contributed by atoms with Crippen LogP contribution >= 0.6 is 11.6 Å². The third-order valence-electron chi connectivity index (χ3n) is 4.73. The maximum absolute atomic E-state index is 6.57. The minimum Gasteiger partial charge on any atom is -0.118 e. The van der Waals surface area contributed by atoms with E-state index in [-0.39, 0.29) is 10.8 Å². The van der Waals surface area contributed by atoms with Crippen LogP contribution in [0, 0.1) is 0 Å². The van der Waals surface area contributed by atoms with Gasteiger partial charge >= 0.3 is 0 Å². The molecule has 1 unspecified atom stereocenters. The first-order chi connectivity index (χ1) is 8.58. The lowest BCUT2D eigenvalue weighted by Crippen LogP contribution is -2.12.